The molecular formula is C13H22N4O2S. The van der Waals surface area contributed by atoms with Crippen LogP contribution < -0.4 is 10.6 Å². The fourth-order valence-electron chi connectivity index (χ4n) is 3.35. The van der Waals surface area contributed by atoms with Gasteiger partial charge in [0.05, 0.1) is 18.8 Å². The summed E-state index contributed by atoms with van der Waals surface area (Å²) < 4.78 is 5.81. The molecule has 2 aliphatic rings. The van der Waals surface area contributed by atoms with Crippen LogP contribution in [0.2, 0.25) is 0 Å². The minimum absolute atomic E-state index is 0.0641. The molecule has 1 saturated heterocycles. The Labute approximate surface area is 122 Å². The third-order valence-corrected chi connectivity index (χ3v) is 5.56. The number of nitrogens with zero attached hydrogens (tertiary/aromatic N) is 3. The molecule has 2 atom stereocenters. The molecule has 3 N–H and O–H groups in total. The molecular weight excluding hydrogens is 276 g/mol. The molecule has 0 amide bonds. The Hall–Kier alpha value is -0.760. The van der Waals surface area contributed by atoms with Crippen LogP contribution in [0.25, 0.3) is 0 Å². The molecule has 112 valence electrons. The molecule has 3 rings (SSSR count). The highest BCUT2D eigenvalue weighted by Crippen LogP contribution is 2.51. The summed E-state index contributed by atoms with van der Waals surface area (Å²) in [5.41, 5.74) is 5.43. The molecule has 1 aromatic rings. The number of hydrogen-bond donors (Lipinski definition) is 2. The lowest BCUT2D eigenvalue weighted by Crippen LogP contribution is -2.62. The molecule has 0 aromatic carbocycles. The smallest absolute Gasteiger partial charge is 0.208 e. The van der Waals surface area contributed by atoms with Crippen LogP contribution in [0.15, 0.2) is 0 Å². The third kappa shape index (κ3) is 2.32. The Kier molecular flexibility index (Phi) is 3.94. The number of rotatable bonds is 4. The Balaban J connectivity index is 1.62. The number of aryl methyl sites for hydroxylation is 1. The van der Waals surface area contributed by atoms with E-state index in [-0.39, 0.29) is 17.6 Å². The zero-order valence-electron chi connectivity index (χ0n) is 11.8. The standard InChI is InChI=1S/C13H22N4O2S/c1-9-15-16-12(20-9)17-5-2-13(3-6-17)10(18)8-11(13)19-7-4-14/h10-11,18H,2-8,14H2,1H3/t10-,11+/m1/s1. The van der Waals surface area contributed by atoms with Gasteiger partial charge in [-0.25, -0.2) is 0 Å². The van der Waals surface area contributed by atoms with Gasteiger partial charge in [-0.05, 0) is 19.8 Å². The van der Waals surface area contributed by atoms with E-state index in [0.29, 0.717) is 13.2 Å². The average Bonchev–Trinajstić information content (AvgIpc) is 2.90. The molecule has 1 aliphatic carbocycles. The maximum Gasteiger partial charge on any atom is 0.208 e. The second kappa shape index (κ2) is 5.55. The lowest BCUT2D eigenvalue weighted by Gasteiger charge is -2.56. The number of aliphatic hydroxyl groups is 1. The van der Waals surface area contributed by atoms with Gasteiger partial charge in [0.1, 0.15) is 5.01 Å². The van der Waals surface area contributed by atoms with Crippen LogP contribution in [0.1, 0.15) is 24.3 Å². The summed E-state index contributed by atoms with van der Waals surface area (Å²) >= 11 is 1.63. The first kappa shape index (κ1) is 14.2. The Morgan fingerprint density at radius 2 is 2.20 bits per heavy atom. The number of ether oxygens (including phenoxy) is 1. The first-order chi connectivity index (χ1) is 9.65. The molecule has 1 spiro atoms. The predicted molar refractivity (Wildman–Crippen MR) is 77.9 cm³/mol. The zero-order chi connectivity index (χ0) is 14.2. The summed E-state index contributed by atoms with van der Waals surface area (Å²) in [5, 5.41) is 20.5. The quantitative estimate of drug-likeness (QED) is 0.844. The van der Waals surface area contributed by atoms with Crippen LogP contribution in [0.4, 0.5) is 5.13 Å². The van der Waals surface area contributed by atoms with E-state index in [1.165, 1.54) is 0 Å². The minimum atomic E-state index is -0.233. The molecule has 2 fully saturated rings. The fraction of sp³-hybridized carbons (Fsp3) is 0.846. The Morgan fingerprint density at radius 3 is 2.75 bits per heavy atom. The van der Waals surface area contributed by atoms with Crippen LogP contribution in [-0.2, 0) is 4.74 Å². The van der Waals surface area contributed by atoms with Gasteiger partial charge in [0.15, 0.2) is 0 Å². The van der Waals surface area contributed by atoms with Gasteiger partial charge in [-0.3, -0.25) is 0 Å². The maximum atomic E-state index is 10.2. The highest BCUT2D eigenvalue weighted by atomic mass is 32.1. The van der Waals surface area contributed by atoms with E-state index in [9.17, 15) is 5.11 Å². The molecule has 20 heavy (non-hydrogen) atoms. The second-order valence-corrected chi connectivity index (χ2v) is 6.88. The Bertz CT molecular complexity index is 459. The highest BCUT2D eigenvalue weighted by molar-refractivity contribution is 7.15. The van der Waals surface area contributed by atoms with Gasteiger partial charge in [-0.2, -0.15) is 0 Å². The van der Waals surface area contributed by atoms with Gasteiger partial charge in [-0.1, -0.05) is 11.3 Å². The summed E-state index contributed by atoms with van der Waals surface area (Å²) in [6.07, 6.45) is 2.57. The molecule has 1 aliphatic heterocycles. The molecule has 1 saturated carbocycles. The van der Waals surface area contributed by atoms with Crippen molar-refractivity contribution in [2.24, 2.45) is 11.1 Å². The van der Waals surface area contributed by atoms with E-state index in [1.807, 2.05) is 6.92 Å². The van der Waals surface area contributed by atoms with Crippen molar-refractivity contribution in [1.29, 1.82) is 0 Å². The van der Waals surface area contributed by atoms with Crippen molar-refractivity contribution < 1.29 is 9.84 Å². The third-order valence-electron chi connectivity index (χ3n) is 4.66. The number of nitrogens with two attached hydrogens (primary N) is 1. The van der Waals surface area contributed by atoms with Crippen molar-refractivity contribution in [2.75, 3.05) is 31.1 Å². The van der Waals surface area contributed by atoms with Gasteiger partial charge in [0, 0.05) is 31.5 Å². The van der Waals surface area contributed by atoms with E-state index in [1.54, 1.807) is 11.3 Å². The van der Waals surface area contributed by atoms with Crippen LogP contribution in [0.3, 0.4) is 0 Å². The lowest BCUT2D eigenvalue weighted by atomic mass is 9.58. The summed E-state index contributed by atoms with van der Waals surface area (Å²) in [6, 6.07) is 0. The van der Waals surface area contributed by atoms with E-state index < -0.39 is 0 Å². The monoisotopic (exact) mass is 298 g/mol. The van der Waals surface area contributed by atoms with E-state index in [0.717, 1.165) is 42.5 Å². The van der Waals surface area contributed by atoms with Crippen LogP contribution >= 0.6 is 11.3 Å². The summed E-state index contributed by atoms with van der Waals surface area (Å²) in [5.74, 6) is 0. The van der Waals surface area contributed by atoms with Crippen molar-refractivity contribution in [1.82, 2.24) is 10.2 Å². The highest BCUT2D eigenvalue weighted by Gasteiger charge is 2.56. The van der Waals surface area contributed by atoms with Crippen molar-refractivity contribution >= 4 is 16.5 Å². The normalized spacial score (nSPS) is 28.6. The van der Waals surface area contributed by atoms with Crippen LogP contribution in [0.5, 0.6) is 0 Å². The first-order valence-corrected chi connectivity index (χ1v) is 8.02. The minimum Gasteiger partial charge on any atom is -0.392 e. The number of aliphatic hydroxyl groups excluding tert-OH is 1. The van der Waals surface area contributed by atoms with Gasteiger partial charge < -0.3 is 20.5 Å². The number of aromatic nitrogens is 2. The summed E-state index contributed by atoms with van der Waals surface area (Å²) in [6.45, 7) is 4.92. The molecule has 2 heterocycles. The van der Waals surface area contributed by atoms with Gasteiger partial charge in [0.25, 0.3) is 0 Å². The Morgan fingerprint density at radius 1 is 1.45 bits per heavy atom. The predicted octanol–water partition coefficient (Wildman–Crippen LogP) is 0.542. The largest absolute Gasteiger partial charge is 0.392 e. The molecule has 1 aromatic heterocycles. The molecule has 0 radical (unpaired) electrons. The fourth-order valence-corrected chi connectivity index (χ4v) is 4.09. The topological polar surface area (TPSA) is 84.5 Å². The van der Waals surface area contributed by atoms with Crippen LogP contribution in [0, 0.1) is 12.3 Å². The van der Waals surface area contributed by atoms with Crippen molar-refractivity contribution in [3.63, 3.8) is 0 Å². The van der Waals surface area contributed by atoms with Crippen molar-refractivity contribution in [3.8, 4) is 0 Å². The maximum absolute atomic E-state index is 10.2. The number of hydrogen-bond acceptors (Lipinski definition) is 7. The van der Waals surface area contributed by atoms with E-state index in [4.69, 9.17) is 10.5 Å². The van der Waals surface area contributed by atoms with Crippen molar-refractivity contribution in [3.05, 3.63) is 5.01 Å². The van der Waals surface area contributed by atoms with Gasteiger partial charge in [0.2, 0.25) is 5.13 Å². The SMILES string of the molecule is Cc1nnc(N2CCC3(CC2)[C@H](O)C[C@@H]3OCCN)s1. The van der Waals surface area contributed by atoms with Crippen molar-refractivity contribution in [2.45, 2.75) is 38.4 Å². The number of anilines is 1. The van der Waals surface area contributed by atoms with Crippen LogP contribution in [-0.4, -0.2) is 53.8 Å². The van der Waals surface area contributed by atoms with E-state index >= 15 is 0 Å². The van der Waals surface area contributed by atoms with Gasteiger partial charge >= 0.3 is 0 Å². The first-order valence-electron chi connectivity index (χ1n) is 7.20. The summed E-state index contributed by atoms with van der Waals surface area (Å²) in [4.78, 5) is 2.26. The zero-order valence-corrected chi connectivity index (χ0v) is 12.6. The molecule has 0 bridgehead atoms. The molecule has 6 nitrogen and oxygen atoms in total. The number of piperidine rings is 1. The summed E-state index contributed by atoms with van der Waals surface area (Å²) in [7, 11) is 0. The molecule has 7 heteroatoms. The van der Waals surface area contributed by atoms with Gasteiger partial charge in [-0.15, -0.1) is 10.2 Å². The molecule has 0 unspecified atom stereocenters. The lowest BCUT2D eigenvalue weighted by molar-refractivity contribution is -0.200. The average molecular weight is 298 g/mol. The second-order valence-electron chi connectivity index (χ2n) is 5.72. The van der Waals surface area contributed by atoms with E-state index in [2.05, 4.69) is 15.1 Å².